The molecule has 1 N–H and O–H groups in total. The molecule has 0 saturated heterocycles. The third kappa shape index (κ3) is 3.92. The van der Waals surface area contributed by atoms with E-state index in [0.29, 0.717) is 6.04 Å². The first-order valence-electron chi connectivity index (χ1n) is 6.37. The molecule has 1 atom stereocenters. The fraction of sp³-hybridized carbons (Fsp3) is 0.429. The van der Waals surface area contributed by atoms with E-state index in [1.807, 2.05) is 36.4 Å². The fourth-order valence-electron chi connectivity index (χ4n) is 1.84. The van der Waals surface area contributed by atoms with Gasteiger partial charge in [-0.15, -0.1) is 11.3 Å². The maximum atomic E-state index is 4.47. The third-order valence-electron chi connectivity index (χ3n) is 2.74. The molecule has 0 aliphatic heterocycles. The van der Waals surface area contributed by atoms with Crippen molar-refractivity contribution in [3.05, 3.63) is 34.2 Å². The SMILES string of the molecule is Cc1ccc(CC(C)Nc2ccnc(N(C)C)n2)s1. The van der Waals surface area contributed by atoms with Crippen LogP contribution in [0.3, 0.4) is 0 Å². The first-order chi connectivity index (χ1) is 9.04. The molecular formula is C14H20N4S. The number of aryl methyl sites for hydroxylation is 1. The number of thiophene rings is 1. The quantitative estimate of drug-likeness (QED) is 0.911. The minimum absolute atomic E-state index is 0.350. The van der Waals surface area contributed by atoms with Gasteiger partial charge in [0.2, 0.25) is 5.95 Å². The van der Waals surface area contributed by atoms with Crippen LogP contribution in [0.25, 0.3) is 0 Å². The smallest absolute Gasteiger partial charge is 0.226 e. The van der Waals surface area contributed by atoms with Crippen LogP contribution in [0.5, 0.6) is 0 Å². The lowest BCUT2D eigenvalue weighted by Gasteiger charge is -2.15. The van der Waals surface area contributed by atoms with Crippen LogP contribution in [0.1, 0.15) is 16.7 Å². The minimum Gasteiger partial charge on any atom is -0.367 e. The van der Waals surface area contributed by atoms with Crippen molar-refractivity contribution < 1.29 is 0 Å². The molecule has 0 bridgehead atoms. The van der Waals surface area contributed by atoms with E-state index in [9.17, 15) is 0 Å². The molecule has 0 saturated carbocycles. The van der Waals surface area contributed by atoms with E-state index in [1.165, 1.54) is 9.75 Å². The second-order valence-corrected chi connectivity index (χ2v) is 6.27. The zero-order chi connectivity index (χ0) is 13.8. The summed E-state index contributed by atoms with van der Waals surface area (Å²) in [6.45, 7) is 4.31. The second-order valence-electron chi connectivity index (χ2n) is 4.90. The molecule has 2 aromatic rings. The standard InChI is InChI=1S/C14H20N4S/c1-10(9-12-6-5-11(2)19-12)16-13-7-8-15-14(17-13)18(3)4/h5-8,10H,9H2,1-4H3,(H,15,16,17). The van der Waals surface area contributed by atoms with Gasteiger partial charge >= 0.3 is 0 Å². The molecule has 2 rings (SSSR count). The maximum absolute atomic E-state index is 4.47. The Morgan fingerprint density at radius 2 is 2.11 bits per heavy atom. The average molecular weight is 276 g/mol. The molecule has 19 heavy (non-hydrogen) atoms. The van der Waals surface area contributed by atoms with Crippen molar-refractivity contribution in [3.8, 4) is 0 Å². The predicted molar refractivity (Wildman–Crippen MR) is 82.2 cm³/mol. The zero-order valence-corrected chi connectivity index (χ0v) is 12.7. The molecular weight excluding hydrogens is 256 g/mol. The molecule has 5 heteroatoms. The lowest BCUT2D eigenvalue weighted by atomic mass is 10.2. The summed E-state index contributed by atoms with van der Waals surface area (Å²) in [6, 6.07) is 6.62. The number of hydrogen-bond acceptors (Lipinski definition) is 5. The normalized spacial score (nSPS) is 12.2. The molecule has 1 unspecified atom stereocenters. The highest BCUT2D eigenvalue weighted by atomic mass is 32.1. The van der Waals surface area contributed by atoms with Crippen LogP contribution in [0.2, 0.25) is 0 Å². The number of anilines is 2. The summed E-state index contributed by atoms with van der Waals surface area (Å²) in [5, 5.41) is 3.42. The lowest BCUT2D eigenvalue weighted by Crippen LogP contribution is -2.20. The van der Waals surface area contributed by atoms with E-state index in [2.05, 4.69) is 41.3 Å². The summed E-state index contributed by atoms with van der Waals surface area (Å²) < 4.78 is 0. The largest absolute Gasteiger partial charge is 0.367 e. The summed E-state index contributed by atoms with van der Waals surface area (Å²) in [5.74, 6) is 1.60. The number of nitrogens with zero attached hydrogens (tertiary/aromatic N) is 3. The van der Waals surface area contributed by atoms with Crippen molar-refractivity contribution in [3.63, 3.8) is 0 Å². The highest BCUT2D eigenvalue weighted by Crippen LogP contribution is 2.18. The minimum atomic E-state index is 0.350. The van der Waals surface area contributed by atoms with Gasteiger partial charge in [-0.3, -0.25) is 0 Å². The van der Waals surface area contributed by atoms with Gasteiger partial charge < -0.3 is 10.2 Å². The second kappa shape index (κ2) is 6.02. The topological polar surface area (TPSA) is 41.1 Å². The van der Waals surface area contributed by atoms with Gasteiger partial charge in [-0.2, -0.15) is 4.98 Å². The van der Waals surface area contributed by atoms with Gasteiger partial charge in [-0.1, -0.05) is 0 Å². The highest BCUT2D eigenvalue weighted by Gasteiger charge is 2.07. The van der Waals surface area contributed by atoms with Gasteiger partial charge in [-0.05, 0) is 32.0 Å². The molecule has 4 nitrogen and oxygen atoms in total. The van der Waals surface area contributed by atoms with E-state index >= 15 is 0 Å². The fourth-order valence-corrected chi connectivity index (χ4v) is 2.86. The molecule has 0 amide bonds. The number of nitrogens with one attached hydrogen (secondary N) is 1. The average Bonchev–Trinajstić information content (AvgIpc) is 2.74. The Hall–Kier alpha value is -1.62. The zero-order valence-electron chi connectivity index (χ0n) is 11.8. The molecule has 0 fully saturated rings. The molecule has 102 valence electrons. The Kier molecular flexibility index (Phi) is 4.37. The van der Waals surface area contributed by atoms with Crippen molar-refractivity contribution in [2.45, 2.75) is 26.3 Å². The van der Waals surface area contributed by atoms with Crippen LogP contribution in [-0.2, 0) is 6.42 Å². The van der Waals surface area contributed by atoms with Gasteiger partial charge in [0.05, 0.1) is 0 Å². The van der Waals surface area contributed by atoms with Crippen LogP contribution in [0.15, 0.2) is 24.4 Å². The van der Waals surface area contributed by atoms with Gasteiger partial charge in [0, 0.05) is 42.5 Å². The summed E-state index contributed by atoms with van der Waals surface area (Å²) in [5.41, 5.74) is 0. The first kappa shape index (κ1) is 13.8. The van der Waals surface area contributed by atoms with Crippen LogP contribution in [-0.4, -0.2) is 30.1 Å². The van der Waals surface area contributed by atoms with Crippen LogP contribution in [0.4, 0.5) is 11.8 Å². The summed E-state index contributed by atoms with van der Waals surface area (Å²) in [4.78, 5) is 13.3. The van der Waals surface area contributed by atoms with Crippen molar-refractivity contribution in [2.24, 2.45) is 0 Å². The highest BCUT2D eigenvalue weighted by molar-refractivity contribution is 7.11. The van der Waals surface area contributed by atoms with Crippen molar-refractivity contribution in [2.75, 3.05) is 24.3 Å². The van der Waals surface area contributed by atoms with Gasteiger partial charge in [0.15, 0.2) is 0 Å². The first-order valence-corrected chi connectivity index (χ1v) is 7.18. The van der Waals surface area contributed by atoms with Crippen LogP contribution in [0, 0.1) is 6.92 Å². The Morgan fingerprint density at radius 3 is 2.74 bits per heavy atom. The monoisotopic (exact) mass is 276 g/mol. The van der Waals surface area contributed by atoms with E-state index in [0.717, 1.165) is 18.2 Å². The Bertz CT molecular complexity index is 536. The summed E-state index contributed by atoms with van der Waals surface area (Å²) in [7, 11) is 3.88. The molecule has 2 aromatic heterocycles. The number of aromatic nitrogens is 2. The summed E-state index contributed by atoms with van der Waals surface area (Å²) >= 11 is 1.85. The Morgan fingerprint density at radius 1 is 1.32 bits per heavy atom. The predicted octanol–water partition coefficient (Wildman–Crippen LogP) is 2.96. The van der Waals surface area contributed by atoms with E-state index in [-0.39, 0.29) is 0 Å². The van der Waals surface area contributed by atoms with Gasteiger partial charge in [0.1, 0.15) is 5.82 Å². The molecule has 0 aliphatic carbocycles. The molecule has 0 spiro atoms. The van der Waals surface area contributed by atoms with Crippen molar-refractivity contribution in [1.82, 2.24) is 9.97 Å². The molecule has 0 radical (unpaired) electrons. The Labute approximate surface area is 118 Å². The lowest BCUT2D eigenvalue weighted by molar-refractivity contribution is 0.792. The molecule has 0 aromatic carbocycles. The Balaban J connectivity index is 1.98. The van der Waals surface area contributed by atoms with Crippen molar-refractivity contribution >= 4 is 23.1 Å². The van der Waals surface area contributed by atoms with Crippen LogP contribution >= 0.6 is 11.3 Å². The van der Waals surface area contributed by atoms with E-state index < -0.39 is 0 Å². The third-order valence-corrected chi connectivity index (χ3v) is 3.76. The number of rotatable bonds is 5. The summed E-state index contributed by atoms with van der Waals surface area (Å²) in [6.07, 6.45) is 2.80. The van der Waals surface area contributed by atoms with E-state index in [4.69, 9.17) is 0 Å². The molecule has 2 heterocycles. The van der Waals surface area contributed by atoms with Gasteiger partial charge in [-0.25, -0.2) is 4.98 Å². The molecule has 0 aliphatic rings. The van der Waals surface area contributed by atoms with Crippen LogP contribution < -0.4 is 10.2 Å². The maximum Gasteiger partial charge on any atom is 0.226 e. The van der Waals surface area contributed by atoms with Gasteiger partial charge in [0.25, 0.3) is 0 Å². The number of hydrogen-bond donors (Lipinski definition) is 1. The van der Waals surface area contributed by atoms with Crippen molar-refractivity contribution in [1.29, 1.82) is 0 Å². The van der Waals surface area contributed by atoms with E-state index in [1.54, 1.807) is 6.20 Å².